The van der Waals surface area contributed by atoms with Crippen molar-refractivity contribution in [3.8, 4) is 17.2 Å². The number of hydrogen-bond acceptors (Lipinski definition) is 7. The van der Waals surface area contributed by atoms with Gasteiger partial charge in [-0.3, -0.25) is 9.69 Å². The van der Waals surface area contributed by atoms with E-state index in [1.165, 1.54) is 0 Å². The molecular weight excluding hydrogens is 376 g/mol. The van der Waals surface area contributed by atoms with E-state index in [1.54, 1.807) is 18.4 Å². The molecule has 1 aliphatic heterocycles. The minimum absolute atomic E-state index is 0.0128. The van der Waals surface area contributed by atoms with E-state index < -0.39 is 0 Å². The summed E-state index contributed by atoms with van der Waals surface area (Å²) in [6.07, 6.45) is 1.81. The fourth-order valence-corrected chi connectivity index (χ4v) is 3.95. The van der Waals surface area contributed by atoms with Crippen molar-refractivity contribution in [2.45, 2.75) is 18.8 Å². The molecule has 1 fully saturated rings. The molecule has 0 saturated carbocycles. The predicted octanol–water partition coefficient (Wildman–Crippen LogP) is 3.62. The number of ether oxygens (including phenoxy) is 1. The lowest BCUT2D eigenvalue weighted by molar-refractivity contribution is -0.117. The van der Waals surface area contributed by atoms with Gasteiger partial charge in [-0.05, 0) is 61.6 Å². The van der Waals surface area contributed by atoms with E-state index in [-0.39, 0.29) is 11.8 Å². The summed E-state index contributed by atoms with van der Waals surface area (Å²) in [4.78, 5) is 14.5. The molecule has 2 aromatic heterocycles. The second kappa shape index (κ2) is 8.53. The van der Waals surface area contributed by atoms with E-state index >= 15 is 0 Å². The van der Waals surface area contributed by atoms with Gasteiger partial charge in [0.05, 0.1) is 13.7 Å². The standard InChI is InChI=1S/C20H22N4O3S/c1-26-17-4-2-16(3-5-17)21-18(25)12-24-9-6-14(7-10-24)19-22-23-20(27-19)15-8-11-28-13-15/h2-5,8,11,13-14H,6-7,9-10,12H2,1H3,(H,21,25). The van der Waals surface area contributed by atoms with E-state index in [4.69, 9.17) is 9.15 Å². The molecule has 1 amide bonds. The Bertz CT molecular complexity index is 900. The highest BCUT2D eigenvalue weighted by molar-refractivity contribution is 7.08. The van der Waals surface area contributed by atoms with Crippen LogP contribution in [0.25, 0.3) is 11.5 Å². The van der Waals surface area contributed by atoms with Crippen LogP contribution in [0.15, 0.2) is 45.5 Å². The van der Waals surface area contributed by atoms with E-state index in [0.717, 1.165) is 42.9 Å². The molecule has 146 valence electrons. The molecule has 28 heavy (non-hydrogen) atoms. The van der Waals surface area contributed by atoms with E-state index in [9.17, 15) is 4.79 Å². The second-order valence-electron chi connectivity index (χ2n) is 6.78. The summed E-state index contributed by atoms with van der Waals surface area (Å²) in [6, 6.07) is 9.31. The molecule has 0 spiro atoms. The lowest BCUT2D eigenvalue weighted by Gasteiger charge is -2.29. The molecule has 1 aromatic carbocycles. The molecule has 1 aliphatic rings. The number of anilines is 1. The number of aromatic nitrogens is 2. The zero-order chi connectivity index (χ0) is 19.3. The number of nitrogens with zero attached hydrogens (tertiary/aromatic N) is 3. The smallest absolute Gasteiger partial charge is 0.248 e. The Morgan fingerprint density at radius 1 is 1.25 bits per heavy atom. The van der Waals surface area contributed by atoms with Crippen LogP contribution in [0.2, 0.25) is 0 Å². The van der Waals surface area contributed by atoms with Crippen molar-refractivity contribution in [1.82, 2.24) is 15.1 Å². The van der Waals surface area contributed by atoms with E-state index in [2.05, 4.69) is 20.4 Å². The average Bonchev–Trinajstić information content (AvgIpc) is 3.41. The summed E-state index contributed by atoms with van der Waals surface area (Å²) >= 11 is 1.61. The molecule has 0 unspecified atom stereocenters. The third-order valence-corrected chi connectivity index (χ3v) is 5.57. The van der Waals surface area contributed by atoms with Crippen molar-refractivity contribution in [3.05, 3.63) is 47.0 Å². The number of nitrogens with one attached hydrogen (secondary N) is 1. The first-order valence-corrected chi connectivity index (χ1v) is 10.2. The first-order chi connectivity index (χ1) is 13.7. The van der Waals surface area contributed by atoms with Crippen LogP contribution >= 0.6 is 11.3 Å². The van der Waals surface area contributed by atoms with Gasteiger partial charge in [0.25, 0.3) is 0 Å². The lowest BCUT2D eigenvalue weighted by atomic mass is 9.97. The summed E-state index contributed by atoms with van der Waals surface area (Å²) in [5, 5.41) is 15.3. The highest BCUT2D eigenvalue weighted by Crippen LogP contribution is 2.29. The molecule has 3 aromatic rings. The Hall–Kier alpha value is -2.71. The maximum atomic E-state index is 12.3. The molecule has 0 atom stereocenters. The quantitative estimate of drug-likeness (QED) is 0.683. The van der Waals surface area contributed by atoms with Crippen molar-refractivity contribution in [1.29, 1.82) is 0 Å². The second-order valence-corrected chi connectivity index (χ2v) is 7.56. The first-order valence-electron chi connectivity index (χ1n) is 9.23. The third kappa shape index (κ3) is 4.40. The molecule has 1 saturated heterocycles. The first kappa shape index (κ1) is 18.6. The highest BCUT2D eigenvalue weighted by Gasteiger charge is 2.26. The summed E-state index contributed by atoms with van der Waals surface area (Å²) in [5.74, 6) is 2.28. The fraction of sp³-hybridized carbons (Fsp3) is 0.350. The maximum absolute atomic E-state index is 12.3. The van der Waals surface area contributed by atoms with Crippen LogP contribution in [0, 0.1) is 0 Å². The number of likely N-dealkylation sites (tertiary alicyclic amines) is 1. The van der Waals surface area contributed by atoms with Gasteiger partial charge in [-0.15, -0.1) is 10.2 Å². The van der Waals surface area contributed by atoms with Crippen LogP contribution in [-0.4, -0.2) is 47.7 Å². The van der Waals surface area contributed by atoms with Gasteiger partial charge in [-0.25, -0.2) is 0 Å². The largest absolute Gasteiger partial charge is 0.497 e. The molecule has 3 heterocycles. The maximum Gasteiger partial charge on any atom is 0.248 e. The van der Waals surface area contributed by atoms with Crippen LogP contribution in [0.5, 0.6) is 5.75 Å². The number of benzene rings is 1. The van der Waals surface area contributed by atoms with Gasteiger partial charge in [0.2, 0.25) is 17.7 Å². The number of hydrogen-bond donors (Lipinski definition) is 1. The van der Waals surface area contributed by atoms with Crippen LogP contribution in [0.3, 0.4) is 0 Å². The molecule has 0 bridgehead atoms. The van der Waals surface area contributed by atoms with Crippen LogP contribution in [0.1, 0.15) is 24.7 Å². The summed E-state index contributed by atoms with van der Waals surface area (Å²) in [7, 11) is 1.62. The normalized spacial score (nSPS) is 15.5. The molecule has 4 rings (SSSR count). The topological polar surface area (TPSA) is 80.5 Å². The number of carbonyl (C=O) groups is 1. The van der Waals surface area contributed by atoms with Gasteiger partial charge < -0.3 is 14.5 Å². The average molecular weight is 398 g/mol. The van der Waals surface area contributed by atoms with Gasteiger partial charge >= 0.3 is 0 Å². The SMILES string of the molecule is COc1ccc(NC(=O)CN2CCC(c3nnc(-c4ccsc4)o3)CC2)cc1. The minimum Gasteiger partial charge on any atom is -0.497 e. The highest BCUT2D eigenvalue weighted by atomic mass is 32.1. The third-order valence-electron chi connectivity index (χ3n) is 4.89. The van der Waals surface area contributed by atoms with Crippen molar-refractivity contribution >= 4 is 22.9 Å². The van der Waals surface area contributed by atoms with E-state index in [0.29, 0.717) is 18.3 Å². The summed E-state index contributed by atoms with van der Waals surface area (Å²) in [6.45, 7) is 2.04. The van der Waals surface area contributed by atoms with Crippen LogP contribution in [0.4, 0.5) is 5.69 Å². The van der Waals surface area contributed by atoms with Crippen molar-refractivity contribution in [2.75, 3.05) is 32.1 Å². The number of piperidine rings is 1. The zero-order valence-electron chi connectivity index (χ0n) is 15.6. The van der Waals surface area contributed by atoms with Crippen molar-refractivity contribution < 1.29 is 13.9 Å². The number of amides is 1. The Labute approximate surface area is 167 Å². The van der Waals surface area contributed by atoms with Gasteiger partial charge in [0, 0.05) is 22.5 Å². The monoisotopic (exact) mass is 398 g/mol. The Balaban J connectivity index is 1.26. The lowest BCUT2D eigenvalue weighted by Crippen LogP contribution is -2.38. The zero-order valence-corrected chi connectivity index (χ0v) is 16.4. The fourth-order valence-electron chi connectivity index (χ4n) is 3.32. The minimum atomic E-state index is -0.0128. The van der Waals surface area contributed by atoms with Gasteiger partial charge in [-0.1, -0.05) is 0 Å². The molecule has 7 nitrogen and oxygen atoms in total. The van der Waals surface area contributed by atoms with Crippen LogP contribution < -0.4 is 10.1 Å². The molecule has 0 aliphatic carbocycles. The molecule has 1 N–H and O–H groups in total. The van der Waals surface area contributed by atoms with Gasteiger partial charge in [-0.2, -0.15) is 11.3 Å². The summed E-state index contributed by atoms with van der Waals surface area (Å²) < 4.78 is 11.0. The Kier molecular flexibility index (Phi) is 5.68. The Morgan fingerprint density at radius 2 is 2.04 bits per heavy atom. The molecular formula is C20H22N4O3S. The molecule has 8 heteroatoms. The molecule has 0 radical (unpaired) electrons. The summed E-state index contributed by atoms with van der Waals surface area (Å²) in [5.41, 5.74) is 1.74. The van der Waals surface area contributed by atoms with Gasteiger partial charge in [0.15, 0.2) is 0 Å². The Morgan fingerprint density at radius 3 is 2.71 bits per heavy atom. The van der Waals surface area contributed by atoms with Gasteiger partial charge in [0.1, 0.15) is 5.75 Å². The predicted molar refractivity (Wildman–Crippen MR) is 108 cm³/mol. The van der Waals surface area contributed by atoms with Crippen LogP contribution in [-0.2, 0) is 4.79 Å². The number of carbonyl (C=O) groups excluding carboxylic acids is 1. The van der Waals surface area contributed by atoms with Crippen molar-refractivity contribution in [2.24, 2.45) is 0 Å². The number of rotatable bonds is 6. The van der Waals surface area contributed by atoms with E-state index in [1.807, 2.05) is 41.1 Å². The number of methoxy groups -OCH3 is 1. The number of thiophene rings is 1. The van der Waals surface area contributed by atoms with Crippen molar-refractivity contribution in [3.63, 3.8) is 0 Å².